The molecule has 5 nitrogen and oxygen atoms in total. The summed E-state index contributed by atoms with van der Waals surface area (Å²) in [6, 6.07) is 19.2. The SMILES string of the molecule is C[C@]1(c2ccccc2)OC[C@@H]2CCC(C(=O)OCc3ccccc3)C(=O)N21. The van der Waals surface area contributed by atoms with Gasteiger partial charge in [-0.15, -0.1) is 0 Å². The Morgan fingerprint density at radius 3 is 2.48 bits per heavy atom. The highest BCUT2D eigenvalue weighted by Gasteiger charge is 2.53. The second kappa shape index (κ2) is 7.16. The van der Waals surface area contributed by atoms with Gasteiger partial charge in [0.15, 0.2) is 5.72 Å². The molecule has 0 aliphatic carbocycles. The molecule has 2 aromatic carbocycles. The van der Waals surface area contributed by atoms with Crippen LogP contribution in [-0.2, 0) is 31.4 Å². The van der Waals surface area contributed by atoms with Crippen LogP contribution in [0.5, 0.6) is 0 Å². The highest BCUT2D eigenvalue weighted by molar-refractivity contribution is 5.98. The summed E-state index contributed by atoms with van der Waals surface area (Å²) in [7, 11) is 0. The topological polar surface area (TPSA) is 55.8 Å². The summed E-state index contributed by atoms with van der Waals surface area (Å²) in [5.41, 5.74) is 0.978. The first-order valence-electron chi connectivity index (χ1n) is 9.33. The maximum Gasteiger partial charge on any atom is 0.318 e. The van der Waals surface area contributed by atoms with E-state index in [2.05, 4.69) is 0 Å². The number of fused-ring (bicyclic) bond motifs is 1. The number of ether oxygens (including phenoxy) is 2. The molecule has 5 heteroatoms. The van der Waals surface area contributed by atoms with Gasteiger partial charge in [0, 0.05) is 5.56 Å². The summed E-state index contributed by atoms with van der Waals surface area (Å²) in [6.07, 6.45) is 1.24. The molecule has 27 heavy (non-hydrogen) atoms. The Hall–Kier alpha value is -2.66. The fourth-order valence-corrected chi connectivity index (χ4v) is 4.02. The summed E-state index contributed by atoms with van der Waals surface area (Å²) < 4.78 is 11.5. The molecule has 1 amide bonds. The van der Waals surface area contributed by atoms with E-state index in [1.54, 1.807) is 4.90 Å². The van der Waals surface area contributed by atoms with Crippen molar-refractivity contribution in [2.45, 2.75) is 38.1 Å². The average molecular weight is 365 g/mol. The van der Waals surface area contributed by atoms with Gasteiger partial charge in [-0.05, 0) is 25.3 Å². The van der Waals surface area contributed by atoms with Gasteiger partial charge in [0.25, 0.3) is 0 Å². The van der Waals surface area contributed by atoms with E-state index in [0.29, 0.717) is 13.0 Å². The molecule has 1 unspecified atom stereocenters. The highest BCUT2D eigenvalue weighted by Crippen LogP contribution is 2.42. The molecule has 0 spiro atoms. The van der Waals surface area contributed by atoms with E-state index in [4.69, 9.17) is 9.47 Å². The molecule has 2 saturated heterocycles. The van der Waals surface area contributed by atoms with E-state index < -0.39 is 17.6 Å². The molecule has 0 aromatic heterocycles. The molecule has 3 atom stereocenters. The quantitative estimate of drug-likeness (QED) is 0.617. The van der Waals surface area contributed by atoms with Crippen LogP contribution in [0.2, 0.25) is 0 Å². The molecule has 140 valence electrons. The molecule has 2 fully saturated rings. The average Bonchev–Trinajstić information content (AvgIpc) is 3.07. The monoisotopic (exact) mass is 365 g/mol. The number of carbonyl (C=O) groups is 2. The van der Waals surface area contributed by atoms with Crippen molar-refractivity contribution in [2.24, 2.45) is 5.92 Å². The summed E-state index contributed by atoms with van der Waals surface area (Å²) in [5.74, 6) is -1.42. The van der Waals surface area contributed by atoms with Crippen molar-refractivity contribution in [1.82, 2.24) is 4.90 Å². The number of esters is 1. The number of nitrogens with zero attached hydrogens (tertiary/aromatic N) is 1. The third kappa shape index (κ3) is 3.23. The predicted molar refractivity (Wildman–Crippen MR) is 99.3 cm³/mol. The van der Waals surface area contributed by atoms with Gasteiger partial charge in [0.1, 0.15) is 12.5 Å². The Bertz CT molecular complexity index is 823. The van der Waals surface area contributed by atoms with Crippen molar-refractivity contribution in [3.63, 3.8) is 0 Å². The normalized spacial score (nSPS) is 27.3. The zero-order valence-electron chi connectivity index (χ0n) is 15.3. The second-order valence-corrected chi connectivity index (χ2v) is 7.25. The van der Waals surface area contributed by atoms with Gasteiger partial charge in [0.05, 0.1) is 12.6 Å². The van der Waals surface area contributed by atoms with Crippen LogP contribution in [0.25, 0.3) is 0 Å². The third-order valence-corrected chi connectivity index (χ3v) is 5.52. The number of amides is 1. The van der Waals surface area contributed by atoms with E-state index in [1.807, 2.05) is 67.6 Å². The summed E-state index contributed by atoms with van der Waals surface area (Å²) in [5, 5.41) is 0. The van der Waals surface area contributed by atoms with Crippen LogP contribution in [0.1, 0.15) is 30.9 Å². The molecule has 2 heterocycles. The molecule has 0 N–H and O–H groups in total. The number of hydrogen-bond acceptors (Lipinski definition) is 4. The van der Waals surface area contributed by atoms with Crippen LogP contribution in [0.3, 0.4) is 0 Å². The van der Waals surface area contributed by atoms with E-state index >= 15 is 0 Å². The van der Waals surface area contributed by atoms with Crippen LogP contribution in [0, 0.1) is 5.92 Å². The maximum absolute atomic E-state index is 13.2. The van der Waals surface area contributed by atoms with Crippen LogP contribution in [-0.4, -0.2) is 29.4 Å². The van der Waals surface area contributed by atoms with E-state index in [9.17, 15) is 9.59 Å². The largest absolute Gasteiger partial charge is 0.460 e. The molecule has 0 saturated carbocycles. The second-order valence-electron chi connectivity index (χ2n) is 7.25. The van der Waals surface area contributed by atoms with Gasteiger partial charge in [0.2, 0.25) is 5.91 Å². The minimum atomic E-state index is -0.846. The van der Waals surface area contributed by atoms with Gasteiger partial charge in [-0.3, -0.25) is 9.59 Å². The lowest BCUT2D eigenvalue weighted by Crippen LogP contribution is -2.54. The van der Waals surface area contributed by atoms with Gasteiger partial charge < -0.3 is 14.4 Å². The zero-order valence-corrected chi connectivity index (χ0v) is 15.3. The van der Waals surface area contributed by atoms with Gasteiger partial charge in [-0.25, -0.2) is 0 Å². The molecular weight excluding hydrogens is 342 g/mol. The third-order valence-electron chi connectivity index (χ3n) is 5.52. The molecule has 0 radical (unpaired) electrons. The van der Waals surface area contributed by atoms with E-state index in [0.717, 1.165) is 17.5 Å². The van der Waals surface area contributed by atoms with E-state index in [1.165, 1.54) is 0 Å². The van der Waals surface area contributed by atoms with Crippen LogP contribution >= 0.6 is 0 Å². The fourth-order valence-electron chi connectivity index (χ4n) is 4.02. The Balaban J connectivity index is 1.50. The first-order chi connectivity index (χ1) is 13.1. The summed E-state index contributed by atoms with van der Waals surface area (Å²) in [6.45, 7) is 2.57. The molecule has 4 rings (SSSR count). The number of benzene rings is 2. The standard InChI is InChI=1S/C22H23NO4/c1-22(17-10-6-3-7-11-17)23-18(15-27-22)12-13-19(20(23)24)21(25)26-14-16-8-4-2-5-9-16/h2-11,18-19H,12-15H2,1H3/t18-,19?,22+/m0/s1. The van der Waals surface area contributed by atoms with Gasteiger partial charge >= 0.3 is 5.97 Å². The Kier molecular flexibility index (Phi) is 4.70. The van der Waals surface area contributed by atoms with Crippen LogP contribution < -0.4 is 0 Å². The van der Waals surface area contributed by atoms with Crippen LogP contribution in [0.4, 0.5) is 0 Å². The van der Waals surface area contributed by atoms with Crippen molar-refractivity contribution in [1.29, 1.82) is 0 Å². The number of carbonyl (C=O) groups excluding carboxylic acids is 2. The minimum absolute atomic E-state index is 0.000814. The zero-order chi connectivity index (χ0) is 18.9. The van der Waals surface area contributed by atoms with Crippen molar-refractivity contribution in [3.8, 4) is 0 Å². The number of piperidine rings is 1. The van der Waals surface area contributed by atoms with Gasteiger partial charge in [-0.2, -0.15) is 0 Å². The molecule has 0 bridgehead atoms. The number of hydrogen-bond donors (Lipinski definition) is 0. The predicted octanol–water partition coefficient (Wildman–Crippen LogP) is 3.24. The number of rotatable bonds is 4. The maximum atomic E-state index is 13.2. The minimum Gasteiger partial charge on any atom is -0.460 e. The van der Waals surface area contributed by atoms with Crippen LogP contribution in [0.15, 0.2) is 60.7 Å². The smallest absolute Gasteiger partial charge is 0.318 e. The fraction of sp³-hybridized carbons (Fsp3) is 0.364. The lowest BCUT2D eigenvalue weighted by atomic mass is 9.90. The lowest BCUT2D eigenvalue weighted by molar-refractivity contribution is -0.169. The van der Waals surface area contributed by atoms with Gasteiger partial charge in [-0.1, -0.05) is 60.7 Å². The Labute approximate surface area is 158 Å². The van der Waals surface area contributed by atoms with Crippen molar-refractivity contribution in [2.75, 3.05) is 6.61 Å². The first kappa shape index (κ1) is 17.7. The van der Waals surface area contributed by atoms with Crippen molar-refractivity contribution in [3.05, 3.63) is 71.8 Å². The first-order valence-corrected chi connectivity index (χ1v) is 9.33. The molecule has 2 aliphatic rings. The molecule has 2 aromatic rings. The lowest BCUT2D eigenvalue weighted by Gasteiger charge is -2.41. The summed E-state index contributed by atoms with van der Waals surface area (Å²) >= 11 is 0. The van der Waals surface area contributed by atoms with Crippen molar-refractivity contribution < 1.29 is 19.1 Å². The van der Waals surface area contributed by atoms with Crippen molar-refractivity contribution >= 4 is 11.9 Å². The highest BCUT2D eigenvalue weighted by atomic mass is 16.5. The Morgan fingerprint density at radius 2 is 1.78 bits per heavy atom. The Morgan fingerprint density at radius 1 is 1.11 bits per heavy atom. The van der Waals surface area contributed by atoms with E-state index in [-0.39, 0.29) is 18.6 Å². The summed E-state index contributed by atoms with van der Waals surface area (Å²) in [4.78, 5) is 27.6. The molecular formula is C22H23NO4. The molecule has 2 aliphatic heterocycles.